The molecule has 1 aromatic heterocycles. The molecule has 0 spiro atoms. The van der Waals surface area contributed by atoms with E-state index in [-0.39, 0.29) is 5.02 Å². The summed E-state index contributed by atoms with van der Waals surface area (Å²) in [5.41, 5.74) is -0.829. The summed E-state index contributed by atoms with van der Waals surface area (Å²) < 4.78 is 35.6. The second-order valence-electron chi connectivity index (χ2n) is 2.43. The number of hydrogen-bond acceptors (Lipinski definition) is 2. The molecule has 0 aliphatic carbocycles. The minimum Gasteiger partial charge on any atom is -0.478 e. The first kappa shape index (κ1) is 14.4. The Morgan fingerprint density at radius 2 is 2.00 bits per heavy atom. The number of hydrogen-bond donors (Lipinski definition) is 1. The zero-order chi connectivity index (χ0) is 12.8. The highest BCUT2D eigenvalue weighted by molar-refractivity contribution is 6.30. The number of halogens is 4. The lowest BCUT2D eigenvalue weighted by Gasteiger charge is -2.04. The third-order valence-electron chi connectivity index (χ3n) is 1.21. The van der Waals surface area contributed by atoms with Gasteiger partial charge in [0.1, 0.15) is 0 Å². The van der Waals surface area contributed by atoms with E-state index in [9.17, 15) is 18.0 Å². The van der Waals surface area contributed by atoms with Crippen LogP contribution >= 0.6 is 11.6 Å². The van der Waals surface area contributed by atoms with Gasteiger partial charge in [0.2, 0.25) is 0 Å². The van der Waals surface area contributed by atoms with Gasteiger partial charge < -0.3 is 5.11 Å². The van der Waals surface area contributed by atoms with Crippen LogP contribution in [0.25, 0.3) is 0 Å². The lowest BCUT2D eigenvalue weighted by molar-refractivity contribution is -0.137. The van der Waals surface area contributed by atoms with Crippen LogP contribution < -0.4 is 0 Å². The van der Waals surface area contributed by atoms with E-state index in [1.807, 2.05) is 0 Å². The second kappa shape index (κ2) is 6.12. The fourth-order valence-corrected chi connectivity index (χ4v) is 0.741. The highest BCUT2D eigenvalue weighted by Gasteiger charge is 2.30. The van der Waals surface area contributed by atoms with Gasteiger partial charge in [-0.25, -0.2) is 4.79 Å². The van der Waals surface area contributed by atoms with Crippen molar-refractivity contribution in [3.05, 3.63) is 41.7 Å². The monoisotopic (exact) mass is 253 g/mol. The predicted octanol–water partition coefficient (Wildman–Crippen LogP) is 3.01. The third-order valence-corrected chi connectivity index (χ3v) is 1.41. The molecule has 3 nitrogen and oxygen atoms in total. The van der Waals surface area contributed by atoms with Crippen molar-refractivity contribution in [1.82, 2.24) is 4.98 Å². The Hall–Kier alpha value is -1.56. The lowest BCUT2D eigenvalue weighted by atomic mass is 10.3. The van der Waals surface area contributed by atoms with Crippen LogP contribution in [-0.2, 0) is 11.0 Å². The summed E-state index contributed by atoms with van der Waals surface area (Å²) in [5, 5.41) is 7.59. The van der Waals surface area contributed by atoms with Gasteiger partial charge >= 0.3 is 12.1 Å². The highest BCUT2D eigenvalue weighted by Crippen LogP contribution is 2.29. The third kappa shape index (κ3) is 6.02. The van der Waals surface area contributed by atoms with Crippen LogP contribution in [-0.4, -0.2) is 16.1 Å². The Kier molecular flexibility index (Phi) is 5.52. The molecule has 1 heterocycles. The van der Waals surface area contributed by atoms with E-state index in [0.717, 1.165) is 24.5 Å². The minimum absolute atomic E-state index is 0.0141. The molecule has 1 aromatic rings. The van der Waals surface area contributed by atoms with Gasteiger partial charge in [0.05, 0.1) is 10.6 Å². The first-order valence-electron chi connectivity index (χ1n) is 3.80. The number of carbonyl (C=O) groups is 1. The summed E-state index contributed by atoms with van der Waals surface area (Å²) in [4.78, 5) is 12.5. The molecule has 0 aliphatic rings. The molecular weight excluding hydrogens is 247 g/mol. The summed E-state index contributed by atoms with van der Waals surface area (Å²) in [6.45, 7) is 2.96. The first-order chi connectivity index (χ1) is 7.27. The Balaban J connectivity index is 0.000000385. The zero-order valence-electron chi connectivity index (χ0n) is 7.83. The Bertz CT molecular complexity index is 379. The van der Waals surface area contributed by atoms with Crippen molar-refractivity contribution >= 4 is 17.6 Å². The van der Waals surface area contributed by atoms with Crippen LogP contribution in [0.3, 0.4) is 0 Å². The molecule has 0 aliphatic heterocycles. The fourth-order valence-electron chi connectivity index (χ4n) is 0.567. The van der Waals surface area contributed by atoms with Crippen LogP contribution in [0.15, 0.2) is 31.1 Å². The normalized spacial score (nSPS) is 10.0. The van der Waals surface area contributed by atoms with Gasteiger partial charge in [0.25, 0.3) is 0 Å². The van der Waals surface area contributed by atoms with Gasteiger partial charge in [-0.15, -0.1) is 0 Å². The van der Waals surface area contributed by atoms with Crippen molar-refractivity contribution in [2.45, 2.75) is 6.18 Å². The van der Waals surface area contributed by atoms with E-state index in [1.165, 1.54) is 0 Å². The lowest BCUT2D eigenvalue weighted by Crippen LogP contribution is -2.04. The van der Waals surface area contributed by atoms with Crippen LogP contribution in [0.2, 0.25) is 5.02 Å². The number of nitrogens with zero attached hydrogens (tertiary/aromatic N) is 1. The van der Waals surface area contributed by atoms with Gasteiger partial charge in [-0.3, -0.25) is 4.98 Å². The average Bonchev–Trinajstić information content (AvgIpc) is 2.17. The Labute approximate surface area is 94.2 Å². The summed E-state index contributed by atoms with van der Waals surface area (Å²) >= 11 is 5.29. The molecular formula is C9H7ClF3NO2. The summed E-state index contributed by atoms with van der Waals surface area (Å²) in [5.74, 6) is -0.981. The molecule has 0 saturated heterocycles. The number of carboxylic acid groups (broad SMARTS) is 1. The SMILES string of the molecule is C=CC(=O)O.FC(F)(F)c1cncc(Cl)c1. The van der Waals surface area contributed by atoms with Gasteiger partial charge in [0.15, 0.2) is 0 Å². The molecule has 0 fully saturated rings. The Morgan fingerprint density at radius 3 is 2.25 bits per heavy atom. The molecule has 7 heteroatoms. The van der Waals surface area contributed by atoms with Crippen LogP contribution in [0.5, 0.6) is 0 Å². The molecule has 0 saturated carbocycles. The number of pyridine rings is 1. The fraction of sp³-hybridized carbons (Fsp3) is 0.111. The van der Waals surface area contributed by atoms with Crippen molar-refractivity contribution in [3.63, 3.8) is 0 Å². The van der Waals surface area contributed by atoms with Gasteiger partial charge in [-0.05, 0) is 6.07 Å². The van der Waals surface area contributed by atoms with Crippen molar-refractivity contribution in [1.29, 1.82) is 0 Å². The molecule has 0 bridgehead atoms. The van der Waals surface area contributed by atoms with Gasteiger partial charge in [-0.2, -0.15) is 13.2 Å². The zero-order valence-corrected chi connectivity index (χ0v) is 8.59. The molecule has 0 aromatic carbocycles. The summed E-state index contributed by atoms with van der Waals surface area (Å²) in [6, 6.07) is 0.828. The molecule has 0 radical (unpaired) electrons. The number of alkyl halides is 3. The van der Waals surface area contributed by atoms with E-state index in [0.29, 0.717) is 0 Å². The maximum absolute atomic E-state index is 11.9. The van der Waals surface area contributed by atoms with E-state index in [2.05, 4.69) is 11.6 Å². The van der Waals surface area contributed by atoms with Crippen LogP contribution in [0, 0.1) is 0 Å². The average molecular weight is 254 g/mol. The predicted molar refractivity (Wildman–Crippen MR) is 52.1 cm³/mol. The van der Waals surface area contributed by atoms with Gasteiger partial charge in [0, 0.05) is 18.5 Å². The molecule has 1 N–H and O–H groups in total. The van der Waals surface area contributed by atoms with E-state index in [1.54, 1.807) is 0 Å². The maximum Gasteiger partial charge on any atom is 0.417 e. The smallest absolute Gasteiger partial charge is 0.417 e. The van der Waals surface area contributed by atoms with E-state index < -0.39 is 17.7 Å². The maximum atomic E-state index is 11.9. The number of aromatic nitrogens is 1. The molecule has 88 valence electrons. The minimum atomic E-state index is -4.36. The van der Waals surface area contributed by atoms with Crippen LogP contribution in [0.1, 0.15) is 5.56 Å². The molecule has 1 rings (SSSR count). The second-order valence-corrected chi connectivity index (χ2v) is 2.87. The van der Waals surface area contributed by atoms with Crippen molar-refractivity contribution in [2.24, 2.45) is 0 Å². The van der Waals surface area contributed by atoms with E-state index >= 15 is 0 Å². The largest absolute Gasteiger partial charge is 0.478 e. The van der Waals surface area contributed by atoms with Crippen molar-refractivity contribution in [2.75, 3.05) is 0 Å². The summed E-state index contributed by atoms with van der Waals surface area (Å²) in [7, 11) is 0. The Morgan fingerprint density at radius 1 is 1.50 bits per heavy atom. The molecule has 0 amide bonds. The van der Waals surface area contributed by atoms with Crippen LogP contribution in [0.4, 0.5) is 13.2 Å². The van der Waals surface area contributed by atoms with E-state index in [4.69, 9.17) is 16.7 Å². The van der Waals surface area contributed by atoms with Crippen molar-refractivity contribution < 1.29 is 23.1 Å². The molecule has 0 atom stereocenters. The first-order valence-corrected chi connectivity index (χ1v) is 4.18. The quantitative estimate of drug-likeness (QED) is 0.783. The van der Waals surface area contributed by atoms with Crippen molar-refractivity contribution in [3.8, 4) is 0 Å². The molecule has 16 heavy (non-hydrogen) atoms. The highest BCUT2D eigenvalue weighted by atomic mass is 35.5. The molecule has 0 unspecified atom stereocenters. The summed E-state index contributed by atoms with van der Waals surface area (Å²) in [6.07, 6.45) is -1.65. The topological polar surface area (TPSA) is 50.2 Å². The standard InChI is InChI=1S/C6H3ClF3N.C3H4O2/c7-5-1-4(2-11-3-5)6(8,9)10;1-2-3(4)5/h1-3H;2H,1H2,(H,4,5). The number of aliphatic carboxylic acids is 1. The number of rotatable bonds is 1. The number of carboxylic acids is 1. The van der Waals surface area contributed by atoms with Gasteiger partial charge in [-0.1, -0.05) is 18.2 Å².